The van der Waals surface area contributed by atoms with Crippen LogP contribution in [-0.2, 0) is 11.3 Å². The smallest absolute Gasteiger partial charge is 0.152 e. The van der Waals surface area contributed by atoms with Crippen LogP contribution < -0.4 is 10.5 Å². The van der Waals surface area contributed by atoms with Crippen molar-refractivity contribution >= 4 is 27.8 Å². The molecule has 34 heavy (non-hydrogen) atoms. The fraction of sp³-hybridized carbons (Fsp3) is 0.214. The summed E-state index contributed by atoms with van der Waals surface area (Å²) in [6.07, 6.45) is 3.57. The first-order valence-corrected chi connectivity index (χ1v) is 11.6. The highest BCUT2D eigenvalue weighted by Gasteiger charge is 2.17. The van der Waals surface area contributed by atoms with E-state index in [1.54, 1.807) is 0 Å². The van der Waals surface area contributed by atoms with Crippen molar-refractivity contribution in [2.24, 2.45) is 0 Å². The van der Waals surface area contributed by atoms with E-state index in [2.05, 4.69) is 32.7 Å². The Bertz CT molecular complexity index is 1350. The van der Waals surface area contributed by atoms with E-state index >= 15 is 0 Å². The minimum Gasteiger partial charge on any atom is -0.494 e. The average Bonchev–Trinajstić information content (AvgIpc) is 3.31. The van der Waals surface area contributed by atoms with Crippen molar-refractivity contribution < 1.29 is 9.47 Å². The second-order valence-electron chi connectivity index (χ2n) is 8.25. The molecule has 5 aromatic rings. The molecule has 0 aliphatic rings. The zero-order chi connectivity index (χ0) is 23.2. The van der Waals surface area contributed by atoms with Gasteiger partial charge < -0.3 is 19.8 Å². The fourth-order valence-electron chi connectivity index (χ4n) is 4.18. The molecule has 2 N–H and O–H groups in total. The number of pyridine rings is 1. The van der Waals surface area contributed by atoms with Crippen LogP contribution in [0.2, 0.25) is 0 Å². The summed E-state index contributed by atoms with van der Waals surface area (Å²) >= 11 is 0. The predicted molar refractivity (Wildman–Crippen MR) is 136 cm³/mol. The third kappa shape index (κ3) is 4.87. The van der Waals surface area contributed by atoms with Crippen LogP contribution in [0, 0.1) is 0 Å². The lowest BCUT2D eigenvalue weighted by Crippen LogP contribution is -2.14. The highest BCUT2D eigenvalue weighted by atomic mass is 16.5. The highest BCUT2D eigenvalue weighted by Crippen LogP contribution is 2.29. The van der Waals surface area contributed by atoms with E-state index < -0.39 is 0 Å². The number of imidazole rings is 1. The molecule has 6 heteroatoms. The molecule has 0 radical (unpaired) electrons. The second-order valence-corrected chi connectivity index (χ2v) is 8.25. The van der Waals surface area contributed by atoms with Gasteiger partial charge >= 0.3 is 0 Å². The topological polar surface area (TPSA) is 75.2 Å². The number of nitrogens with two attached hydrogens (primary N) is 1. The monoisotopic (exact) mass is 452 g/mol. The van der Waals surface area contributed by atoms with Gasteiger partial charge in [0.15, 0.2) is 5.82 Å². The van der Waals surface area contributed by atoms with Crippen LogP contribution in [0.3, 0.4) is 0 Å². The Morgan fingerprint density at radius 3 is 2.35 bits per heavy atom. The molecule has 6 nitrogen and oxygen atoms in total. The summed E-state index contributed by atoms with van der Waals surface area (Å²) in [5, 5.41) is 1.04. The maximum Gasteiger partial charge on any atom is 0.152 e. The summed E-state index contributed by atoms with van der Waals surface area (Å²) in [4.78, 5) is 9.08. The van der Waals surface area contributed by atoms with Gasteiger partial charge in [0.05, 0.1) is 30.5 Å². The van der Waals surface area contributed by atoms with Gasteiger partial charge in [-0.1, -0.05) is 66.7 Å². The molecule has 0 aliphatic carbocycles. The molecular formula is C28H28N4O2. The molecule has 2 heterocycles. The lowest BCUT2D eigenvalue weighted by atomic mass is 10.1. The molecule has 3 aromatic carbocycles. The molecule has 0 saturated carbocycles. The number of fused-ring (bicyclic) bond motifs is 3. The van der Waals surface area contributed by atoms with Gasteiger partial charge in [0.2, 0.25) is 0 Å². The van der Waals surface area contributed by atoms with Crippen molar-refractivity contribution in [2.75, 3.05) is 18.9 Å². The Balaban J connectivity index is 1.30. The van der Waals surface area contributed by atoms with Gasteiger partial charge in [-0.25, -0.2) is 9.97 Å². The molecule has 5 rings (SSSR count). The largest absolute Gasteiger partial charge is 0.494 e. The standard InChI is InChI=1S/C28H28N4O2/c29-28-26-27(23-15-7-8-16-24(23)31-28)32(20-30-26)19-25(21-11-3-1-4-12-21)34-18-10-9-17-33-22-13-5-2-6-14-22/h1-8,11-16,20,25H,9-10,17-19H2,(H2,29,31). The van der Waals surface area contributed by atoms with E-state index in [9.17, 15) is 0 Å². The molecule has 1 atom stereocenters. The SMILES string of the molecule is Nc1nc2ccccc2c2c1ncn2CC(OCCCCOc1ccccc1)c1ccccc1. The number of nitrogens with zero attached hydrogens (tertiary/aromatic N) is 3. The summed E-state index contributed by atoms with van der Waals surface area (Å²) in [5.74, 6) is 1.35. The van der Waals surface area contributed by atoms with Crippen molar-refractivity contribution in [2.45, 2.75) is 25.5 Å². The molecule has 1 unspecified atom stereocenters. The van der Waals surface area contributed by atoms with Gasteiger partial charge in [-0.3, -0.25) is 0 Å². The quantitative estimate of drug-likeness (QED) is 0.272. The maximum absolute atomic E-state index is 6.39. The first-order chi connectivity index (χ1) is 16.8. The molecule has 0 bridgehead atoms. The van der Waals surface area contributed by atoms with E-state index in [1.807, 2.05) is 73.1 Å². The van der Waals surface area contributed by atoms with Gasteiger partial charge in [0.25, 0.3) is 0 Å². The second kappa shape index (κ2) is 10.4. The Labute approximate surface area is 199 Å². The molecule has 0 aliphatic heterocycles. The number of benzene rings is 3. The first kappa shape index (κ1) is 21.9. The van der Waals surface area contributed by atoms with Crippen molar-refractivity contribution in [3.63, 3.8) is 0 Å². The molecule has 0 spiro atoms. The Morgan fingerprint density at radius 2 is 1.53 bits per heavy atom. The normalized spacial score (nSPS) is 12.2. The third-order valence-electron chi connectivity index (χ3n) is 5.88. The summed E-state index contributed by atoms with van der Waals surface area (Å²) in [6, 6.07) is 28.3. The number of anilines is 1. The van der Waals surface area contributed by atoms with Crippen molar-refractivity contribution in [1.29, 1.82) is 0 Å². The molecule has 0 saturated heterocycles. The summed E-state index contributed by atoms with van der Waals surface area (Å²) in [7, 11) is 0. The van der Waals surface area contributed by atoms with Crippen LogP contribution in [0.1, 0.15) is 24.5 Å². The zero-order valence-electron chi connectivity index (χ0n) is 19.0. The molecule has 0 fully saturated rings. The van der Waals surface area contributed by atoms with Crippen LogP contribution in [0.15, 0.2) is 91.3 Å². The lowest BCUT2D eigenvalue weighted by Gasteiger charge is -2.20. The van der Waals surface area contributed by atoms with E-state index in [-0.39, 0.29) is 6.10 Å². The van der Waals surface area contributed by atoms with Gasteiger partial charge in [-0.15, -0.1) is 0 Å². The molecule has 0 amide bonds. The first-order valence-electron chi connectivity index (χ1n) is 11.6. The van der Waals surface area contributed by atoms with Crippen LogP contribution in [-0.4, -0.2) is 27.7 Å². The summed E-state index contributed by atoms with van der Waals surface area (Å²) < 4.78 is 14.3. The Morgan fingerprint density at radius 1 is 0.824 bits per heavy atom. The van der Waals surface area contributed by atoms with Gasteiger partial charge in [0, 0.05) is 12.0 Å². The molecular weight excluding hydrogens is 424 g/mol. The predicted octanol–water partition coefficient (Wildman–Crippen LogP) is 5.78. The molecule has 2 aromatic heterocycles. The lowest BCUT2D eigenvalue weighted by molar-refractivity contribution is 0.0375. The van der Waals surface area contributed by atoms with Gasteiger partial charge in [0.1, 0.15) is 17.4 Å². The van der Waals surface area contributed by atoms with E-state index in [1.165, 1.54) is 0 Å². The molecule has 172 valence electrons. The number of rotatable bonds is 10. The fourth-order valence-corrected chi connectivity index (χ4v) is 4.18. The van der Waals surface area contributed by atoms with Gasteiger partial charge in [-0.2, -0.15) is 0 Å². The number of nitrogen functional groups attached to an aromatic ring is 1. The highest BCUT2D eigenvalue weighted by molar-refractivity contribution is 6.06. The van der Waals surface area contributed by atoms with E-state index in [0.29, 0.717) is 25.6 Å². The minimum atomic E-state index is -0.109. The summed E-state index contributed by atoms with van der Waals surface area (Å²) in [5.41, 5.74) is 9.93. The van der Waals surface area contributed by atoms with Crippen molar-refractivity contribution in [3.05, 3.63) is 96.8 Å². The number of unbranched alkanes of at least 4 members (excludes halogenated alkanes) is 1. The third-order valence-corrected chi connectivity index (χ3v) is 5.88. The van der Waals surface area contributed by atoms with Crippen LogP contribution in [0.4, 0.5) is 5.82 Å². The minimum absolute atomic E-state index is 0.109. The average molecular weight is 453 g/mol. The van der Waals surface area contributed by atoms with Crippen LogP contribution >= 0.6 is 0 Å². The summed E-state index contributed by atoms with van der Waals surface area (Å²) in [6.45, 7) is 1.96. The van der Waals surface area contributed by atoms with Gasteiger partial charge in [-0.05, 0) is 36.6 Å². The zero-order valence-corrected chi connectivity index (χ0v) is 19.0. The van der Waals surface area contributed by atoms with Crippen LogP contribution in [0.25, 0.3) is 21.9 Å². The number of hydrogen-bond acceptors (Lipinski definition) is 5. The van der Waals surface area contributed by atoms with Crippen molar-refractivity contribution in [3.8, 4) is 5.75 Å². The number of ether oxygens (including phenoxy) is 2. The number of hydrogen-bond donors (Lipinski definition) is 1. The number of aromatic nitrogens is 3. The van der Waals surface area contributed by atoms with E-state index in [4.69, 9.17) is 15.2 Å². The van der Waals surface area contributed by atoms with E-state index in [0.717, 1.165) is 46.1 Å². The maximum atomic E-state index is 6.39. The van der Waals surface area contributed by atoms with Crippen molar-refractivity contribution in [1.82, 2.24) is 14.5 Å². The Hall–Kier alpha value is -3.90. The Kier molecular flexibility index (Phi) is 6.68. The number of para-hydroxylation sites is 2. The van der Waals surface area contributed by atoms with Crippen LogP contribution in [0.5, 0.6) is 5.75 Å².